The first-order valence-corrected chi connectivity index (χ1v) is 10.9. The molecule has 0 aromatic heterocycles. The number of allylic oxidation sites excluding steroid dienone is 1. The Balaban J connectivity index is 1.62. The first kappa shape index (κ1) is 20.2. The molecule has 1 aromatic carbocycles. The van der Waals surface area contributed by atoms with Crippen LogP contribution in [-0.2, 0) is 9.59 Å². The van der Waals surface area contributed by atoms with E-state index in [1.54, 1.807) is 30.0 Å². The fraction of sp³-hybridized carbons (Fsp3) is 0.381. The van der Waals surface area contributed by atoms with Crippen LogP contribution in [0, 0.1) is 5.41 Å². The van der Waals surface area contributed by atoms with Gasteiger partial charge in [-0.05, 0) is 58.0 Å². The molecule has 1 fully saturated rings. The Morgan fingerprint density at radius 3 is 2.93 bits per heavy atom. The van der Waals surface area contributed by atoms with Gasteiger partial charge < -0.3 is 10.2 Å². The van der Waals surface area contributed by atoms with Crippen molar-refractivity contribution in [2.45, 2.75) is 37.1 Å². The summed E-state index contributed by atoms with van der Waals surface area (Å²) >= 11 is 7.49. The Morgan fingerprint density at radius 1 is 1.45 bits per heavy atom. The zero-order valence-corrected chi connectivity index (χ0v) is 18.0. The van der Waals surface area contributed by atoms with Crippen LogP contribution >= 0.6 is 23.4 Å². The smallest absolute Gasteiger partial charge is 0.258 e. The van der Waals surface area contributed by atoms with E-state index in [0.29, 0.717) is 22.6 Å². The van der Waals surface area contributed by atoms with Crippen LogP contribution in [0.15, 0.2) is 45.3 Å². The standard InChI is InChI=1S/C21H23ClN4O2S/c1-3-14-18(27)17(20(28)24-9-8-13-5-4-10-25(13)2)21-26(19(14)23)15-11-12(22)6-7-16(15)29-21/h3,6-7,11,13,23H,4-5,8-10H2,1-2H3,(H,24,28)/b14-3-,23-19?. The number of Topliss-reactive ketones (excluding diaryl/α,β-unsaturated/α-hetero) is 1. The molecule has 3 aliphatic rings. The topological polar surface area (TPSA) is 76.5 Å². The van der Waals surface area contributed by atoms with E-state index in [1.165, 1.54) is 18.2 Å². The van der Waals surface area contributed by atoms with Crippen LogP contribution in [0.1, 0.15) is 26.2 Å². The predicted molar refractivity (Wildman–Crippen MR) is 117 cm³/mol. The number of amidine groups is 1. The molecule has 0 spiro atoms. The van der Waals surface area contributed by atoms with Crippen molar-refractivity contribution in [2.24, 2.45) is 0 Å². The first-order valence-electron chi connectivity index (χ1n) is 9.72. The summed E-state index contributed by atoms with van der Waals surface area (Å²) in [7, 11) is 2.11. The molecular formula is C21H23ClN4O2S. The zero-order chi connectivity index (χ0) is 20.7. The highest BCUT2D eigenvalue weighted by Gasteiger charge is 2.42. The Hall–Kier alpha value is -2.09. The third-order valence-corrected chi connectivity index (χ3v) is 7.07. The molecule has 1 saturated heterocycles. The van der Waals surface area contributed by atoms with E-state index in [9.17, 15) is 9.59 Å². The molecule has 2 N–H and O–H groups in total. The maximum atomic E-state index is 13.0. The lowest BCUT2D eigenvalue weighted by atomic mass is 9.97. The number of thioether (sulfide) groups is 1. The average molecular weight is 431 g/mol. The van der Waals surface area contributed by atoms with Crippen LogP contribution in [0.2, 0.25) is 5.02 Å². The lowest BCUT2D eigenvalue weighted by molar-refractivity contribution is -0.121. The molecule has 4 rings (SSSR count). The third-order valence-electron chi connectivity index (χ3n) is 5.69. The molecule has 6 nitrogen and oxygen atoms in total. The molecule has 0 radical (unpaired) electrons. The minimum Gasteiger partial charge on any atom is -0.352 e. The molecule has 0 saturated carbocycles. The van der Waals surface area contributed by atoms with Gasteiger partial charge in [0.15, 0.2) is 0 Å². The summed E-state index contributed by atoms with van der Waals surface area (Å²) in [4.78, 5) is 30.9. The number of nitrogens with one attached hydrogen (secondary N) is 2. The van der Waals surface area contributed by atoms with E-state index in [2.05, 4.69) is 17.3 Å². The number of fused-ring (bicyclic) bond motifs is 3. The number of hydrogen-bond donors (Lipinski definition) is 2. The van der Waals surface area contributed by atoms with Crippen LogP contribution in [-0.4, -0.2) is 48.6 Å². The van der Waals surface area contributed by atoms with Crippen LogP contribution in [0.25, 0.3) is 0 Å². The summed E-state index contributed by atoms with van der Waals surface area (Å²) in [6, 6.07) is 5.86. The average Bonchev–Trinajstić information content (AvgIpc) is 3.25. The summed E-state index contributed by atoms with van der Waals surface area (Å²) < 4.78 is 0. The summed E-state index contributed by atoms with van der Waals surface area (Å²) in [6.45, 7) is 3.32. The van der Waals surface area contributed by atoms with E-state index in [4.69, 9.17) is 17.0 Å². The SMILES string of the molecule is C/C=C1\C(=N)N2C(=C(C(=O)NCCC3CCCN3C)C1=O)Sc1ccc(Cl)cc12. The summed E-state index contributed by atoms with van der Waals surface area (Å²) in [6.07, 6.45) is 4.77. The molecule has 152 valence electrons. The zero-order valence-electron chi connectivity index (χ0n) is 16.4. The van der Waals surface area contributed by atoms with Gasteiger partial charge in [-0.3, -0.25) is 19.9 Å². The number of rotatable bonds is 4. The normalized spacial score (nSPS) is 23.1. The monoisotopic (exact) mass is 430 g/mol. The molecule has 8 heteroatoms. The van der Waals surface area contributed by atoms with Gasteiger partial charge in [0.2, 0.25) is 5.78 Å². The van der Waals surface area contributed by atoms with E-state index in [0.717, 1.165) is 30.0 Å². The largest absolute Gasteiger partial charge is 0.352 e. The van der Waals surface area contributed by atoms with Gasteiger partial charge in [0.05, 0.1) is 11.3 Å². The Kier molecular flexibility index (Phi) is 5.55. The van der Waals surface area contributed by atoms with Crippen molar-refractivity contribution < 1.29 is 9.59 Å². The fourth-order valence-corrected chi connectivity index (χ4v) is 5.44. The fourth-order valence-electron chi connectivity index (χ4n) is 4.11. The summed E-state index contributed by atoms with van der Waals surface area (Å²) in [5, 5.41) is 12.5. The third kappa shape index (κ3) is 3.52. The number of amides is 1. The number of carbonyl (C=O) groups is 2. The van der Waals surface area contributed by atoms with Crippen LogP contribution in [0.5, 0.6) is 0 Å². The number of halogens is 1. The second-order valence-electron chi connectivity index (χ2n) is 7.43. The molecular weight excluding hydrogens is 408 g/mol. The maximum Gasteiger partial charge on any atom is 0.258 e. The molecule has 0 aliphatic carbocycles. The van der Waals surface area contributed by atoms with Crippen molar-refractivity contribution in [3.05, 3.63) is 45.5 Å². The lowest BCUT2D eigenvalue weighted by Gasteiger charge is -2.29. The predicted octanol–water partition coefficient (Wildman–Crippen LogP) is 3.57. The minimum atomic E-state index is -0.398. The molecule has 3 aliphatic heterocycles. The van der Waals surface area contributed by atoms with Gasteiger partial charge in [-0.1, -0.05) is 29.4 Å². The van der Waals surface area contributed by atoms with Gasteiger partial charge in [-0.2, -0.15) is 0 Å². The highest BCUT2D eigenvalue weighted by molar-refractivity contribution is 8.04. The molecule has 0 bridgehead atoms. The summed E-state index contributed by atoms with van der Waals surface area (Å²) in [5.41, 5.74) is 1.06. The number of benzene rings is 1. The lowest BCUT2D eigenvalue weighted by Crippen LogP contribution is -2.42. The van der Waals surface area contributed by atoms with Crippen LogP contribution in [0.3, 0.4) is 0 Å². The number of anilines is 1. The number of hydrogen-bond acceptors (Lipinski definition) is 5. The Bertz CT molecular complexity index is 971. The molecule has 1 unspecified atom stereocenters. The molecule has 29 heavy (non-hydrogen) atoms. The van der Waals surface area contributed by atoms with Crippen LogP contribution in [0.4, 0.5) is 5.69 Å². The second kappa shape index (κ2) is 7.97. The molecule has 1 aromatic rings. The number of likely N-dealkylation sites (tertiary alicyclic amines) is 1. The second-order valence-corrected chi connectivity index (χ2v) is 8.90. The minimum absolute atomic E-state index is 0.0742. The maximum absolute atomic E-state index is 13.0. The van der Waals surface area contributed by atoms with Crippen molar-refractivity contribution in [1.29, 1.82) is 5.41 Å². The van der Waals surface area contributed by atoms with Crippen molar-refractivity contribution >= 4 is 46.6 Å². The van der Waals surface area contributed by atoms with Crippen molar-refractivity contribution in [3.8, 4) is 0 Å². The van der Waals surface area contributed by atoms with Gasteiger partial charge in [-0.15, -0.1) is 0 Å². The van der Waals surface area contributed by atoms with Crippen molar-refractivity contribution in [1.82, 2.24) is 10.2 Å². The van der Waals surface area contributed by atoms with E-state index >= 15 is 0 Å². The summed E-state index contributed by atoms with van der Waals surface area (Å²) in [5.74, 6) is -0.704. The number of carbonyl (C=O) groups excluding carboxylic acids is 2. The van der Waals surface area contributed by atoms with Gasteiger partial charge in [0.25, 0.3) is 5.91 Å². The van der Waals surface area contributed by atoms with Gasteiger partial charge in [0, 0.05) is 22.5 Å². The van der Waals surface area contributed by atoms with E-state index < -0.39 is 5.78 Å². The number of nitrogens with zero attached hydrogens (tertiary/aromatic N) is 2. The molecule has 1 atom stereocenters. The van der Waals surface area contributed by atoms with Gasteiger partial charge in [0.1, 0.15) is 16.4 Å². The number of ketones is 1. The van der Waals surface area contributed by atoms with Crippen LogP contribution < -0.4 is 10.2 Å². The van der Waals surface area contributed by atoms with Gasteiger partial charge in [-0.25, -0.2) is 0 Å². The Labute approximate surface area is 179 Å². The highest BCUT2D eigenvalue weighted by atomic mass is 35.5. The Morgan fingerprint density at radius 2 is 2.24 bits per heavy atom. The van der Waals surface area contributed by atoms with Gasteiger partial charge >= 0.3 is 0 Å². The van der Waals surface area contributed by atoms with E-state index in [1.807, 2.05) is 6.07 Å². The highest BCUT2D eigenvalue weighted by Crippen LogP contribution is 2.50. The quantitative estimate of drug-likeness (QED) is 0.564. The molecule has 1 amide bonds. The van der Waals surface area contributed by atoms with E-state index in [-0.39, 0.29) is 22.9 Å². The first-order chi connectivity index (χ1) is 13.9. The van der Waals surface area contributed by atoms with Crippen molar-refractivity contribution in [3.63, 3.8) is 0 Å². The van der Waals surface area contributed by atoms with Crippen molar-refractivity contribution in [2.75, 3.05) is 25.0 Å². The molecule has 3 heterocycles.